The number of hydrogen-bond acceptors (Lipinski definition) is 4. The number of carbonyl (C=O) groups excluding carboxylic acids is 1. The van der Waals surface area contributed by atoms with Crippen molar-refractivity contribution in [1.82, 2.24) is 16.2 Å². The van der Waals surface area contributed by atoms with Gasteiger partial charge >= 0.3 is 0 Å². The summed E-state index contributed by atoms with van der Waals surface area (Å²) >= 11 is 1.59. The maximum absolute atomic E-state index is 11.7. The Kier molecular flexibility index (Phi) is 3.96. The highest BCUT2D eigenvalue weighted by molar-refractivity contribution is 7.99. The van der Waals surface area contributed by atoms with Crippen LogP contribution in [0.25, 0.3) is 0 Å². The van der Waals surface area contributed by atoms with E-state index >= 15 is 0 Å². The normalized spacial score (nSPS) is 30.9. The number of carbonyl (C=O) groups is 1. The molecule has 1 aliphatic carbocycles. The molecule has 2 rings (SSSR count). The number of quaternary nitrogens is 1. The van der Waals surface area contributed by atoms with Gasteiger partial charge < -0.3 is 5.43 Å². The van der Waals surface area contributed by atoms with Gasteiger partial charge in [0.15, 0.2) is 0 Å². The molecule has 17 heavy (non-hydrogen) atoms. The van der Waals surface area contributed by atoms with E-state index in [9.17, 15) is 4.79 Å². The minimum Gasteiger partial charge on any atom is -0.310 e. The van der Waals surface area contributed by atoms with Gasteiger partial charge in [0.1, 0.15) is 5.70 Å². The molecule has 2 fully saturated rings. The SMILES string of the molecule is C=C1NN[C@]([NH2+]C2CCCCC2)(SC)NC1=O. The zero-order valence-corrected chi connectivity index (χ0v) is 11.0. The van der Waals surface area contributed by atoms with Crippen molar-refractivity contribution in [3.05, 3.63) is 12.3 Å². The lowest BCUT2D eigenvalue weighted by Gasteiger charge is -2.38. The molecule has 0 radical (unpaired) electrons. The maximum Gasteiger partial charge on any atom is 0.297 e. The molecule has 1 heterocycles. The van der Waals surface area contributed by atoms with Crippen molar-refractivity contribution in [2.24, 2.45) is 0 Å². The van der Waals surface area contributed by atoms with Crippen molar-refractivity contribution in [2.75, 3.05) is 6.26 Å². The summed E-state index contributed by atoms with van der Waals surface area (Å²) in [4.78, 5) is 11.7. The summed E-state index contributed by atoms with van der Waals surface area (Å²) in [5, 5.41) is 4.70. The third-order valence-corrected chi connectivity index (χ3v) is 4.40. The summed E-state index contributed by atoms with van der Waals surface area (Å²) < 4.78 is 0. The van der Waals surface area contributed by atoms with Crippen LogP contribution in [0.1, 0.15) is 32.1 Å². The first-order chi connectivity index (χ1) is 8.15. The molecule has 1 amide bonds. The van der Waals surface area contributed by atoms with Crippen LogP contribution >= 0.6 is 11.8 Å². The van der Waals surface area contributed by atoms with Crippen LogP contribution in [0.2, 0.25) is 0 Å². The van der Waals surface area contributed by atoms with Gasteiger partial charge in [-0.15, -0.1) is 0 Å². The summed E-state index contributed by atoms with van der Waals surface area (Å²) in [6.45, 7) is 3.63. The van der Waals surface area contributed by atoms with Gasteiger partial charge in [0.25, 0.3) is 11.0 Å². The Bertz CT molecular complexity index is 317. The van der Waals surface area contributed by atoms with Crippen LogP contribution in [-0.2, 0) is 4.79 Å². The van der Waals surface area contributed by atoms with Crippen molar-refractivity contribution < 1.29 is 10.1 Å². The topological polar surface area (TPSA) is 69.8 Å². The third kappa shape index (κ3) is 2.94. The minimum absolute atomic E-state index is 0.134. The lowest BCUT2D eigenvalue weighted by Crippen LogP contribution is -3.08. The fraction of sp³-hybridized carbons (Fsp3) is 0.727. The number of nitrogens with two attached hydrogens (primary N) is 1. The molecule has 0 spiro atoms. The lowest BCUT2D eigenvalue weighted by atomic mass is 9.95. The predicted octanol–water partition coefficient (Wildman–Crippen LogP) is -0.405. The van der Waals surface area contributed by atoms with E-state index < -0.39 is 5.12 Å². The zero-order valence-electron chi connectivity index (χ0n) is 10.2. The van der Waals surface area contributed by atoms with Gasteiger partial charge in [-0.05, 0) is 31.9 Å². The summed E-state index contributed by atoms with van der Waals surface area (Å²) in [7, 11) is 0. The molecule has 5 N–H and O–H groups in total. The van der Waals surface area contributed by atoms with Crippen LogP contribution in [0.4, 0.5) is 0 Å². The number of thioether (sulfide) groups is 1. The second kappa shape index (κ2) is 5.29. The van der Waals surface area contributed by atoms with Crippen LogP contribution in [-0.4, -0.2) is 23.3 Å². The summed E-state index contributed by atoms with van der Waals surface area (Å²) in [5.41, 5.74) is 6.36. The fourth-order valence-electron chi connectivity index (χ4n) is 2.39. The van der Waals surface area contributed by atoms with E-state index in [4.69, 9.17) is 0 Å². The molecule has 0 aromatic heterocycles. The van der Waals surface area contributed by atoms with Crippen molar-refractivity contribution in [2.45, 2.75) is 43.3 Å². The molecule has 0 aromatic rings. The Morgan fingerprint density at radius 3 is 2.71 bits per heavy atom. The van der Waals surface area contributed by atoms with E-state index in [1.54, 1.807) is 11.8 Å². The highest BCUT2D eigenvalue weighted by Gasteiger charge is 2.41. The fourth-order valence-corrected chi connectivity index (χ4v) is 3.06. The van der Waals surface area contributed by atoms with Crippen LogP contribution in [0.3, 0.4) is 0 Å². The van der Waals surface area contributed by atoms with E-state index in [1.807, 2.05) is 6.26 Å². The first kappa shape index (κ1) is 12.7. The average molecular weight is 257 g/mol. The minimum atomic E-state index is -0.500. The molecule has 0 bridgehead atoms. The Hall–Kier alpha value is -0.720. The van der Waals surface area contributed by atoms with Gasteiger partial charge in [-0.1, -0.05) is 24.8 Å². The monoisotopic (exact) mass is 257 g/mol. The molecule has 1 saturated heterocycles. The van der Waals surface area contributed by atoms with Gasteiger partial charge in [-0.3, -0.25) is 15.4 Å². The van der Waals surface area contributed by atoms with Gasteiger partial charge in [0.2, 0.25) is 0 Å². The second-order valence-electron chi connectivity index (χ2n) is 4.69. The molecule has 96 valence electrons. The van der Waals surface area contributed by atoms with Crippen LogP contribution < -0.4 is 21.5 Å². The zero-order chi connectivity index (χ0) is 12.3. The van der Waals surface area contributed by atoms with Gasteiger partial charge in [-0.25, -0.2) is 0 Å². The van der Waals surface area contributed by atoms with E-state index in [-0.39, 0.29) is 5.91 Å². The highest BCUT2D eigenvalue weighted by atomic mass is 32.2. The Morgan fingerprint density at radius 2 is 2.12 bits per heavy atom. The first-order valence-electron chi connectivity index (χ1n) is 6.11. The average Bonchev–Trinajstić information content (AvgIpc) is 2.35. The summed E-state index contributed by atoms with van der Waals surface area (Å²) in [6, 6.07) is 0.581. The number of hydrazine groups is 1. The van der Waals surface area contributed by atoms with Gasteiger partial charge in [-0.2, -0.15) is 5.43 Å². The van der Waals surface area contributed by atoms with Crippen molar-refractivity contribution >= 4 is 17.7 Å². The molecular formula is C11H21N4OS+. The molecule has 1 aliphatic heterocycles. The first-order valence-corrected chi connectivity index (χ1v) is 7.33. The Morgan fingerprint density at radius 1 is 1.41 bits per heavy atom. The molecule has 0 aromatic carbocycles. The largest absolute Gasteiger partial charge is 0.310 e. The van der Waals surface area contributed by atoms with Crippen molar-refractivity contribution in [3.8, 4) is 0 Å². The quantitative estimate of drug-likeness (QED) is 0.410. The Balaban J connectivity index is 1.98. The predicted molar refractivity (Wildman–Crippen MR) is 68.6 cm³/mol. The maximum atomic E-state index is 11.7. The molecule has 1 atom stereocenters. The van der Waals surface area contributed by atoms with E-state index in [0.717, 1.165) is 0 Å². The highest BCUT2D eigenvalue weighted by Crippen LogP contribution is 2.17. The van der Waals surface area contributed by atoms with Crippen LogP contribution in [0.15, 0.2) is 12.3 Å². The molecule has 1 saturated carbocycles. The van der Waals surface area contributed by atoms with E-state index in [0.29, 0.717) is 11.7 Å². The number of nitrogens with one attached hydrogen (secondary N) is 3. The van der Waals surface area contributed by atoms with Crippen LogP contribution in [0, 0.1) is 0 Å². The summed E-state index contributed by atoms with van der Waals surface area (Å²) in [5.74, 6) is -0.134. The van der Waals surface area contributed by atoms with E-state index in [1.165, 1.54) is 32.1 Å². The number of rotatable bonds is 3. The van der Waals surface area contributed by atoms with Gasteiger partial charge in [0, 0.05) is 0 Å². The standard InChI is InChI=1S/C11H20N4OS/c1-8-10(16)13-11(17-2,15-14-8)12-9-6-4-3-5-7-9/h9,12,14-15H,1,3-7H2,2H3,(H,13,16)/p+1/t11-/m1/s1. The van der Waals surface area contributed by atoms with E-state index in [2.05, 4.69) is 28.1 Å². The van der Waals surface area contributed by atoms with Crippen molar-refractivity contribution in [3.63, 3.8) is 0 Å². The molecule has 5 nitrogen and oxygen atoms in total. The molecular weight excluding hydrogens is 236 g/mol. The summed E-state index contributed by atoms with van der Waals surface area (Å²) in [6.07, 6.45) is 8.36. The Labute approximate surface area is 106 Å². The number of hydrogen-bond donors (Lipinski definition) is 4. The third-order valence-electron chi connectivity index (χ3n) is 3.41. The smallest absolute Gasteiger partial charge is 0.297 e. The molecule has 0 unspecified atom stereocenters. The number of amides is 1. The molecule has 2 aliphatic rings. The lowest BCUT2D eigenvalue weighted by molar-refractivity contribution is -0.746. The second-order valence-corrected chi connectivity index (χ2v) is 5.74. The van der Waals surface area contributed by atoms with Crippen LogP contribution in [0.5, 0.6) is 0 Å². The van der Waals surface area contributed by atoms with Gasteiger partial charge in [0.05, 0.1) is 6.04 Å². The molecule has 6 heteroatoms. The van der Waals surface area contributed by atoms with Crippen molar-refractivity contribution in [1.29, 1.82) is 0 Å².